The average Bonchev–Trinajstić information content (AvgIpc) is 1.89. The van der Waals surface area contributed by atoms with Gasteiger partial charge in [0.2, 0.25) is 0 Å². The van der Waals surface area contributed by atoms with Crippen LogP contribution in [0.15, 0.2) is 12.7 Å². The molecule has 0 atom stereocenters. The van der Waals surface area contributed by atoms with Gasteiger partial charge in [-0.3, -0.25) is 4.79 Å². The summed E-state index contributed by atoms with van der Waals surface area (Å²) in [5.74, 6) is -0.745. The van der Waals surface area contributed by atoms with Crippen LogP contribution >= 0.6 is 0 Å². The molecular weight excluding hydrogens is 118 g/mol. The van der Waals surface area contributed by atoms with Crippen LogP contribution in [-0.4, -0.2) is 17.6 Å². The van der Waals surface area contributed by atoms with E-state index in [0.29, 0.717) is 6.54 Å². The van der Waals surface area contributed by atoms with E-state index in [-0.39, 0.29) is 6.42 Å². The van der Waals surface area contributed by atoms with Crippen molar-refractivity contribution in [2.45, 2.75) is 13.3 Å². The van der Waals surface area contributed by atoms with E-state index in [1.54, 1.807) is 13.0 Å². The van der Waals surface area contributed by atoms with Crippen molar-refractivity contribution in [3.05, 3.63) is 12.7 Å². The van der Waals surface area contributed by atoms with Gasteiger partial charge >= 0.3 is 5.97 Å². The number of hydrogen-bond donors (Lipinski definition) is 2. The van der Waals surface area contributed by atoms with Crippen molar-refractivity contribution in [3.63, 3.8) is 0 Å². The van der Waals surface area contributed by atoms with E-state index >= 15 is 0 Å². The first kappa shape index (κ1) is 11.0. The standard InChI is InChI=1S/C3H7N.C3H6O2/c1-2-3-4;1-2-3(4)5/h2H,1,3-4H2;2H2,1H3,(H,4,5). The van der Waals surface area contributed by atoms with Crippen LogP contribution in [0.3, 0.4) is 0 Å². The molecule has 0 heterocycles. The first-order valence-corrected chi connectivity index (χ1v) is 2.71. The van der Waals surface area contributed by atoms with E-state index in [2.05, 4.69) is 6.58 Å². The molecule has 0 unspecified atom stereocenters. The monoisotopic (exact) mass is 131 g/mol. The number of carboxylic acid groups (broad SMARTS) is 1. The summed E-state index contributed by atoms with van der Waals surface area (Å²) in [6, 6.07) is 0. The van der Waals surface area contributed by atoms with Gasteiger partial charge in [-0.25, -0.2) is 0 Å². The molecule has 0 radical (unpaired) electrons. The molecule has 0 aliphatic heterocycles. The number of carbonyl (C=O) groups is 1. The summed E-state index contributed by atoms with van der Waals surface area (Å²) in [6.45, 7) is 5.54. The van der Waals surface area contributed by atoms with Gasteiger partial charge < -0.3 is 10.8 Å². The van der Waals surface area contributed by atoms with Gasteiger partial charge in [-0.1, -0.05) is 13.0 Å². The van der Waals surface area contributed by atoms with E-state index in [1.807, 2.05) is 0 Å². The third kappa shape index (κ3) is 40.7. The molecule has 9 heavy (non-hydrogen) atoms. The molecule has 3 heteroatoms. The second kappa shape index (κ2) is 10.2. The fraction of sp³-hybridized carbons (Fsp3) is 0.500. The summed E-state index contributed by atoms with van der Waals surface area (Å²) in [5, 5.41) is 7.72. The van der Waals surface area contributed by atoms with Crippen LogP contribution in [-0.2, 0) is 4.79 Å². The highest BCUT2D eigenvalue weighted by Crippen LogP contribution is 1.67. The van der Waals surface area contributed by atoms with Crippen molar-refractivity contribution in [3.8, 4) is 0 Å². The van der Waals surface area contributed by atoms with Gasteiger partial charge in [0, 0.05) is 13.0 Å². The number of nitrogens with two attached hydrogens (primary N) is 1. The Morgan fingerprint density at radius 2 is 2.11 bits per heavy atom. The lowest BCUT2D eigenvalue weighted by molar-refractivity contribution is -0.136. The molecule has 0 saturated heterocycles. The quantitative estimate of drug-likeness (QED) is 0.540. The zero-order chi connectivity index (χ0) is 7.70. The van der Waals surface area contributed by atoms with Crippen LogP contribution in [0.5, 0.6) is 0 Å². The Morgan fingerprint density at radius 1 is 1.89 bits per heavy atom. The molecule has 0 saturated carbocycles. The summed E-state index contributed by atoms with van der Waals surface area (Å²) in [6.07, 6.45) is 1.87. The van der Waals surface area contributed by atoms with Crippen LogP contribution in [0.4, 0.5) is 0 Å². The highest BCUT2D eigenvalue weighted by atomic mass is 16.4. The van der Waals surface area contributed by atoms with Crippen molar-refractivity contribution in [1.29, 1.82) is 0 Å². The van der Waals surface area contributed by atoms with Gasteiger partial charge in [-0.2, -0.15) is 0 Å². The predicted octanol–water partition coefficient (Wildman–Crippen LogP) is 0.612. The van der Waals surface area contributed by atoms with Gasteiger partial charge in [-0.15, -0.1) is 6.58 Å². The van der Waals surface area contributed by atoms with Gasteiger partial charge in [0.25, 0.3) is 0 Å². The zero-order valence-electron chi connectivity index (χ0n) is 5.63. The molecule has 0 aliphatic rings. The van der Waals surface area contributed by atoms with E-state index in [1.165, 1.54) is 0 Å². The average molecular weight is 131 g/mol. The van der Waals surface area contributed by atoms with Gasteiger partial charge in [0.05, 0.1) is 0 Å². The smallest absolute Gasteiger partial charge is 0.303 e. The minimum atomic E-state index is -0.745. The SMILES string of the molecule is C=CCN.CCC(=O)O. The fourth-order valence-electron chi connectivity index (χ4n) is 0. The van der Waals surface area contributed by atoms with E-state index in [9.17, 15) is 4.79 Å². The van der Waals surface area contributed by atoms with Gasteiger partial charge in [0.15, 0.2) is 0 Å². The molecule has 3 N–H and O–H groups in total. The maximum atomic E-state index is 9.37. The normalized spacial score (nSPS) is 6.89. The summed E-state index contributed by atoms with van der Waals surface area (Å²) in [4.78, 5) is 9.37. The number of hydrogen-bond acceptors (Lipinski definition) is 2. The summed E-state index contributed by atoms with van der Waals surface area (Å²) >= 11 is 0. The molecule has 0 spiro atoms. The first-order valence-electron chi connectivity index (χ1n) is 2.71. The zero-order valence-corrected chi connectivity index (χ0v) is 5.63. The highest BCUT2D eigenvalue weighted by molar-refractivity contribution is 5.66. The Balaban J connectivity index is 0. The van der Waals surface area contributed by atoms with E-state index in [4.69, 9.17) is 10.8 Å². The third-order valence-corrected chi connectivity index (χ3v) is 0.469. The van der Waals surface area contributed by atoms with Crippen molar-refractivity contribution in [2.75, 3.05) is 6.54 Å². The molecule has 0 aromatic carbocycles. The van der Waals surface area contributed by atoms with Crippen LogP contribution in [0.2, 0.25) is 0 Å². The van der Waals surface area contributed by atoms with Crippen LogP contribution in [0.25, 0.3) is 0 Å². The Labute approximate surface area is 55.2 Å². The number of aliphatic carboxylic acids is 1. The van der Waals surface area contributed by atoms with Crippen LogP contribution in [0, 0.1) is 0 Å². The highest BCUT2D eigenvalue weighted by Gasteiger charge is 1.80. The number of rotatable bonds is 2. The minimum Gasteiger partial charge on any atom is -0.481 e. The molecule has 0 amide bonds. The Kier molecular flexibility index (Phi) is 12.5. The van der Waals surface area contributed by atoms with Crippen LogP contribution in [0.1, 0.15) is 13.3 Å². The van der Waals surface area contributed by atoms with Crippen molar-refractivity contribution in [1.82, 2.24) is 0 Å². The fourth-order valence-corrected chi connectivity index (χ4v) is 0. The maximum Gasteiger partial charge on any atom is 0.303 e. The van der Waals surface area contributed by atoms with Gasteiger partial charge in [-0.05, 0) is 0 Å². The predicted molar refractivity (Wildman–Crippen MR) is 37.2 cm³/mol. The lowest BCUT2D eigenvalue weighted by Gasteiger charge is -1.71. The first-order chi connectivity index (χ1) is 4.18. The molecule has 0 aliphatic carbocycles. The summed E-state index contributed by atoms with van der Waals surface area (Å²) < 4.78 is 0. The van der Waals surface area contributed by atoms with E-state index in [0.717, 1.165) is 0 Å². The van der Waals surface area contributed by atoms with E-state index < -0.39 is 5.97 Å². The third-order valence-electron chi connectivity index (χ3n) is 0.469. The minimum absolute atomic E-state index is 0.222. The maximum absolute atomic E-state index is 9.37. The molecule has 0 bridgehead atoms. The molecule has 0 aromatic heterocycles. The lowest BCUT2D eigenvalue weighted by Crippen LogP contribution is -1.90. The molecular formula is C6H13NO2. The molecule has 54 valence electrons. The van der Waals surface area contributed by atoms with Gasteiger partial charge in [0.1, 0.15) is 0 Å². The molecule has 0 aromatic rings. The largest absolute Gasteiger partial charge is 0.481 e. The lowest BCUT2D eigenvalue weighted by atomic mass is 10.5. The molecule has 3 nitrogen and oxygen atoms in total. The Morgan fingerprint density at radius 3 is 2.11 bits per heavy atom. The summed E-state index contributed by atoms with van der Waals surface area (Å²) in [7, 11) is 0. The molecule has 0 rings (SSSR count). The topological polar surface area (TPSA) is 63.3 Å². The van der Waals surface area contributed by atoms with Crippen molar-refractivity contribution < 1.29 is 9.90 Å². The van der Waals surface area contributed by atoms with Crippen LogP contribution < -0.4 is 5.73 Å². The second-order valence-electron chi connectivity index (χ2n) is 1.27. The second-order valence-corrected chi connectivity index (χ2v) is 1.27. The van der Waals surface area contributed by atoms with Crippen molar-refractivity contribution in [2.24, 2.45) is 5.73 Å². The molecule has 0 fully saturated rings. The number of carboxylic acids is 1. The van der Waals surface area contributed by atoms with Crippen molar-refractivity contribution >= 4 is 5.97 Å². The Bertz CT molecular complexity index is 81.1. The summed E-state index contributed by atoms with van der Waals surface area (Å²) in [5.41, 5.74) is 4.91. The Hall–Kier alpha value is -0.830.